The van der Waals surface area contributed by atoms with Crippen LogP contribution in [0, 0.1) is 0 Å². The van der Waals surface area contributed by atoms with Gasteiger partial charge < -0.3 is 9.96 Å². The van der Waals surface area contributed by atoms with Gasteiger partial charge in [-0.25, -0.2) is 0 Å². The van der Waals surface area contributed by atoms with Crippen LogP contribution in [0.1, 0.15) is 115 Å². The molecule has 0 aliphatic heterocycles. The number of aliphatic imine (C=N–C) groups is 1. The minimum Gasteiger partial charge on any atom is -0.668 e. The summed E-state index contributed by atoms with van der Waals surface area (Å²) in [6.45, 7) is 35.8. The van der Waals surface area contributed by atoms with Crippen molar-refractivity contribution >= 4 is 33.6 Å². The largest absolute Gasteiger partial charge is 2.00 e. The molecule has 2 rings (SSSR count). The molecule has 0 aromatic heterocycles. The summed E-state index contributed by atoms with van der Waals surface area (Å²) < 4.78 is 4.82. The predicted molar refractivity (Wildman–Crippen MR) is 189 cm³/mol. The van der Waals surface area contributed by atoms with E-state index in [4.69, 9.17) is 15.0 Å². The molecule has 0 saturated heterocycles. The smallest absolute Gasteiger partial charge is 0.668 e. The van der Waals surface area contributed by atoms with Crippen LogP contribution in [0.3, 0.4) is 0 Å². The molecule has 0 spiro atoms. The van der Waals surface area contributed by atoms with Crippen LogP contribution >= 0.6 is 0 Å². The molecule has 6 heteroatoms. The van der Waals surface area contributed by atoms with Crippen molar-refractivity contribution in [2.45, 2.75) is 132 Å². The second-order valence-corrected chi connectivity index (χ2v) is 23.9. The molecule has 230 valence electrons. The Kier molecular flexibility index (Phi) is 16.4. The van der Waals surface area contributed by atoms with E-state index in [0.717, 1.165) is 22.8 Å². The molecule has 0 radical (unpaired) electrons. The van der Waals surface area contributed by atoms with E-state index in [2.05, 4.69) is 151 Å². The van der Waals surface area contributed by atoms with Crippen LogP contribution < -0.4 is 0 Å². The summed E-state index contributed by atoms with van der Waals surface area (Å²) in [5, 5.41) is 5.08. The van der Waals surface area contributed by atoms with Gasteiger partial charge in [0.2, 0.25) is 0 Å². The zero-order chi connectivity index (χ0) is 31.0. The molecule has 0 aliphatic carbocycles. The van der Waals surface area contributed by atoms with E-state index in [1.165, 1.54) is 22.3 Å². The first-order valence-corrected chi connectivity index (χ1v) is 22.1. The SMILES string of the molecule is CC(/C=C(/C)[N-]c1c(C(C)C)cccc1C(C)C)=Nc1c(C(C)C)cccc1C(C)C.C[Si](C)(C)[N-][Si](C)(C)C.[Fe+2]. The molecule has 2 aromatic carbocycles. The Morgan fingerprint density at radius 2 is 0.976 bits per heavy atom. The van der Waals surface area contributed by atoms with Crippen LogP contribution in [0.25, 0.3) is 9.96 Å². The normalized spacial score (nSPS) is 13.0. The maximum Gasteiger partial charge on any atom is 2.00 e. The van der Waals surface area contributed by atoms with Gasteiger partial charge in [-0.15, -0.1) is 5.69 Å². The quantitative estimate of drug-likeness (QED) is 0.184. The second kappa shape index (κ2) is 17.0. The third kappa shape index (κ3) is 14.1. The van der Waals surface area contributed by atoms with Gasteiger partial charge in [0.05, 0.1) is 5.69 Å². The fourth-order valence-electron chi connectivity index (χ4n) is 5.01. The van der Waals surface area contributed by atoms with Crippen LogP contribution in [0.4, 0.5) is 11.4 Å². The van der Waals surface area contributed by atoms with Gasteiger partial charge in [0.1, 0.15) is 0 Å². The Balaban J connectivity index is 0.00000138. The second-order valence-electron chi connectivity index (χ2n) is 14.3. The van der Waals surface area contributed by atoms with Crippen LogP contribution in [0.15, 0.2) is 53.2 Å². The molecule has 0 saturated carbocycles. The maximum absolute atomic E-state index is 5.08. The number of rotatable bonds is 10. The summed E-state index contributed by atoms with van der Waals surface area (Å²) >= 11 is 0. The molecule has 2 aromatic rings. The van der Waals surface area contributed by atoms with E-state index >= 15 is 0 Å². The van der Waals surface area contributed by atoms with Crippen molar-refractivity contribution < 1.29 is 17.1 Å². The summed E-state index contributed by atoms with van der Waals surface area (Å²) in [4.78, 5) is 5.08. The number of allylic oxidation sites excluding steroid dienone is 2. The maximum atomic E-state index is 5.08. The van der Waals surface area contributed by atoms with Gasteiger partial charge >= 0.3 is 17.1 Å². The third-order valence-corrected chi connectivity index (χ3v) is 11.7. The zero-order valence-corrected chi connectivity index (χ0v) is 32.2. The van der Waals surface area contributed by atoms with Crippen molar-refractivity contribution in [3.05, 3.63) is 80.4 Å². The average Bonchev–Trinajstić information content (AvgIpc) is 2.76. The van der Waals surface area contributed by atoms with E-state index in [9.17, 15) is 0 Å². The summed E-state index contributed by atoms with van der Waals surface area (Å²) in [6, 6.07) is 13.1. The van der Waals surface area contributed by atoms with Gasteiger partial charge in [-0.3, -0.25) is 4.99 Å². The predicted octanol–water partition coefficient (Wildman–Crippen LogP) is 12.9. The van der Waals surface area contributed by atoms with Gasteiger partial charge in [-0.2, -0.15) is 5.70 Å². The van der Waals surface area contributed by atoms with Crippen LogP contribution in [-0.4, -0.2) is 22.2 Å². The van der Waals surface area contributed by atoms with E-state index in [0.29, 0.717) is 23.7 Å². The van der Waals surface area contributed by atoms with E-state index in [-0.39, 0.29) is 17.1 Å². The topological polar surface area (TPSA) is 40.6 Å². The summed E-state index contributed by atoms with van der Waals surface area (Å²) in [5.41, 5.74) is 9.45. The Hall–Kier alpha value is -1.44. The van der Waals surface area contributed by atoms with Gasteiger partial charge in [0, 0.05) is 5.71 Å². The van der Waals surface area contributed by atoms with Crippen molar-refractivity contribution in [3.63, 3.8) is 0 Å². The fraction of sp³-hybridized carbons (Fsp3) is 0.571. The van der Waals surface area contributed by atoms with Crippen molar-refractivity contribution in [2.75, 3.05) is 0 Å². The number of nitrogens with zero attached hydrogens (tertiary/aromatic N) is 3. The molecule has 0 aliphatic rings. The minimum absolute atomic E-state index is 0. The Morgan fingerprint density at radius 1 is 0.634 bits per heavy atom. The molecular weight excluding hydrogens is 574 g/mol. The monoisotopic (exact) mass is 633 g/mol. The number of hydrogen-bond donors (Lipinski definition) is 0. The molecule has 0 bridgehead atoms. The first-order chi connectivity index (χ1) is 18.2. The first-order valence-electron chi connectivity index (χ1n) is 15.2. The van der Waals surface area contributed by atoms with Crippen molar-refractivity contribution in [3.8, 4) is 0 Å². The number of benzene rings is 2. The third-order valence-electron chi connectivity index (χ3n) is 6.35. The van der Waals surface area contributed by atoms with Crippen LogP contribution in [0.2, 0.25) is 39.3 Å². The molecule has 3 nitrogen and oxygen atoms in total. The molecule has 0 heterocycles. The Labute approximate surface area is 267 Å². The number of hydrogen-bond acceptors (Lipinski definition) is 1. The molecule has 0 unspecified atom stereocenters. The van der Waals surface area contributed by atoms with Gasteiger partial charge in [-0.1, -0.05) is 172 Å². The minimum atomic E-state index is -1.11. The summed E-state index contributed by atoms with van der Waals surface area (Å²) in [7, 11) is -2.21. The number of para-hydroxylation sites is 2. The van der Waals surface area contributed by atoms with E-state index < -0.39 is 16.5 Å². The Morgan fingerprint density at radius 3 is 1.27 bits per heavy atom. The van der Waals surface area contributed by atoms with Gasteiger partial charge in [0.25, 0.3) is 0 Å². The Bertz CT molecular complexity index is 1090. The summed E-state index contributed by atoms with van der Waals surface area (Å²) in [6.07, 6.45) is 2.11. The molecule has 41 heavy (non-hydrogen) atoms. The molecule has 0 fully saturated rings. The van der Waals surface area contributed by atoms with Crippen LogP contribution in [0.5, 0.6) is 0 Å². The van der Waals surface area contributed by atoms with Gasteiger partial charge in [0.15, 0.2) is 0 Å². The molecular formula is C35H59FeN3Si2. The molecule has 0 atom stereocenters. The molecule has 0 amide bonds. The van der Waals surface area contributed by atoms with E-state index in [1.54, 1.807) is 0 Å². The van der Waals surface area contributed by atoms with Crippen molar-refractivity contribution in [2.24, 2.45) is 4.99 Å². The van der Waals surface area contributed by atoms with Crippen molar-refractivity contribution in [1.29, 1.82) is 0 Å². The average molecular weight is 634 g/mol. The van der Waals surface area contributed by atoms with Crippen molar-refractivity contribution in [1.82, 2.24) is 0 Å². The van der Waals surface area contributed by atoms with Crippen LogP contribution in [-0.2, 0) is 17.1 Å². The van der Waals surface area contributed by atoms with E-state index in [1.807, 2.05) is 0 Å². The zero-order valence-electron chi connectivity index (χ0n) is 29.0. The molecule has 0 N–H and O–H groups in total. The standard InChI is InChI=1S/C29H41N2.C6H18NSi2.Fe/c1-18(2)24-13-11-14-25(19(3)4)28(24)30-22(9)17-23(10)31-29-26(20(5)6)15-12-16-27(29)21(7)8;1-8(2,3)7-9(4,5)6;/h11-21H,1-10H3;1-6H3;/q2*-1;+2/b22-17-,31-23?;;. The fourth-order valence-corrected chi connectivity index (χ4v) is 13.1. The first kappa shape index (κ1) is 39.6. The summed E-state index contributed by atoms with van der Waals surface area (Å²) in [5.74, 6) is 1.75. The van der Waals surface area contributed by atoms with Gasteiger partial charge in [-0.05, 0) is 41.7 Å².